The van der Waals surface area contributed by atoms with Gasteiger partial charge in [0, 0.05) is 19.2 Å². The Morgan fingerprint density at radius 3 is 2.27 bits per heavy atom. The molecule has 0 spiro atoms. The second kappa shape index (κ2) is 8.05. The zero-order chi connectivity index (χ0) is 20.1. The number of rotatable bonds is 7. The highest BCUT2D eigenvalue weighted by molar-refractivity contribution is 7.89. The van der Waals surface area contributed by atoms with Gasteiger partial charge in [0.05, 0.1) is 15.9 Å². The van der Waals surface area contributed by atoms with Gasteiger partial charge >= 0.3 is 6.09 Å². The number of amides is 1. The highest BCUT2D eigenvalue weighted by Crippen LogP contribution is 2.28. The zero-order valence-electron chi connectivity index (χ0n) is 14.2. The molecule has 144 valence electrons. The van der Waals surface area contributed by atoms with E-state index in [-0.39, 0.29) is 13.1 Å². The number of nitrogens with one attached hydrogen (secondary N) is 2. The zero-order valence-corrected chi connectivity index (χ0v) is 15.0. The SMILES string of the molecule is CC(C)(C)OC(=O)NCCNS(=O)(=O)c1ccc([N+](=O)[O-])cc1[N+](=O)[O-]. The summed E-state index contributed by atoms with van der Waals surface area (Å²) in [6, 6.07) is 2.19. The summed E-state index contributed by atoms with van der Waals surface area (Å²) < 4.78 is 31.4. The van der Waals surface area contributed by atoms with Crippen molar-refractivity contribution in [3.05, 3.63) is 38.4 Å². The van der Waals surface area contributed by atoms with Crippen molar-refractivity contribution in [3.63, 3.8) is 0 Å². The molecule has 0 heterocycles. The van der Waals surface area contributed by atoms with Crippen LogP contribution in [0.5, 0.6) is 0 Å². The summed E-state index contributed by atoms with van der Waals surface area (Å²) in [6.07, 6.45) is -0.752. The van der Waals surface area contributed by atoms with Crippen molar-refractivity contribution in [2.75, 3.05) is 13.1 Å². The van der Waals surface area contributed by atoms with Crippen LogP contribution in [0.15, 0.2) is 23.1 Å². The van der Waals surface area contributed by atoms with E-state index >= 15 is 0 Å². The number of sulfonamides is 1. The average Bonchev–Trinajstić information content (AvgIpc) is 2.49. The van der Waals surface area contributed by atoms with Crippen molar-refractivity contribution in [1.29, 1.82) is 0 Å². The van der Waals surface area contributed by atoms with Gasteiger partial charge in [0.1, 0.15) is 5.60 Å². The number of hydrogen-bond donors (Lipinski definition) is 2. The lowest BCUT2D eigenvalue weighted by atomic mass is 10.2. The minimum Gasteiger partial charge on any atom is -0.444 e. The van der Waals surface area contributed by atoms with Gasteiger partial charge in [-0.3, -0.25) is 20.2 Å². The molecule has 13 heteroatoms. The molecule has 26 heavy (non-hydrogen) atoms. The molecule has 1 aromatic rings. The fraction of sp³-hybridized carbons (Fsp3) is 0.462. The van der Waals surface area contributed by atoms with Gasteiger partial charge in [-0.15, -0.1) is 0 Å². The summed E-state index contributed by atoms with van der Waals surface area (Å²) in [5.74, 6) is 0. The van der Waals surface area contributed by atoms with Crippen LogP contribution in [0.1, 0.15) is 20.8 Å². The van der Waals surface area contributed by atoms with Crippen molar-refractivity contribution in [3.8, 4) is 0 Å². The molecule has 0 aliphatic rings. The Kier molecular flexibility index (Phi) is 6.58. The van der Waals surface area contributed by atoms with Crippen LogP contribution >= 0.6 is 0 Å². The first-order chi connectivity index (χ1) is 11.8. The van der Waals surface area contributed by atoms with Gasteiger partial charge in [-0.05, 0) is 26.8 Å². The number of benzene rings is 1. The molecule has 1 amide bonds. The molecule has 0 atom stereocenters. The van der Waals surface area contributed by atoms with E-state index in [0.29, 0.717) is 6.07 Å². The summed E-state index contributed by atoms with van der Waals surface area (Å²) in [5.41, 5.74) is -2.25. The van der Waals surface area contributed by atoms with Gasteiger partial charge < -0.3 is 10.1 Å². The maximum absolute atomic E-state index is 12.2. The molecule has 0 saturated carbocycles. The van der Waals surface area contributed by atoms with Crippen molar-refractivity contribution in [1.82, 2.24) is 10.0 Å². The third-order valence-corrected chi connectivity index (χ3v) is 4.23. The number of nitro groups is 2. The summed E-state index contributed by atoms with van der Waals surface area (Å²) in [4.78, 5) is 30.5. The van der Waals surface area contributed by atoms with E-state index in [4.69, 9.17) is 4.74 Å². The molecule has 1 aromatic carbocycles. The standard InChI is InChI=1S/C13H18N4O8S/c1-13(2,3)25-12(18)14-6-7-15-26(23,24)11-5-4-9(16(19)20)8-10(11)17(21)22/h4-5,8,15H,6-7H2,1-3H3,(H,14,18). The second-order valence-electron chi connectivity index (χ2n) is 5.99. The van der Waals surface area contributed by atoms with Crippen LogP contribution < -0.4 is 10.0 Å². The van der Waals surface area contributed by atoms with Crippen LogP contribution in [-0.4, -0.2) is 43.0 Å². The maximum atomic E-state index is 12.2. The van der Waals surface area contributed by atoms with Crippen molar-refractivity contribution < 1.29 is 27.8 Å². The van der Waals surface area contributed by atoms with E-state index in [0.717, 1.165) is 12.1 Å². The topological polar surface area (TPSA) is 171 Å². The third-order valence-electron chi connectivity index (χ3n) is 2.72. The maximum Gasteiger partial charge on any atom is 0.407 e. The Labute approximate surface area is 148 Å². The van der Waals surface area contributed by atoms with Crippen LogP contribution in [0, 0.1) is 20.2 Å². The minimum absolute atomic E-state index is 0.130. The summed E-state index contributed by atoms with van der Waals surface area (Å²) >= 11 is 0. The monoisotopic (exact) mass is 390 g/mol. The van der Waals surface area contributed by atoms with E-state index < -0.39 is 47.8 Å². The van der Waals surface area contributed by atoms with E-state index in [2.05, 4.69) is 10.0 Å². The number of carbonyl (C=O) groups is 1. The lowest BCUT2D eigenvalue weighted by molar-refractivity contribution is -0.396. The van der Waals surface area contributed by atoms with Crippen molar-refractivity contribution in [2.24, 2.45) is 0 Å². The van der Waals surface area contributed by atoms with Gasteiger partial charge in [0.2, 0.25) is 10.0 Å². The third kappa shape index (κ3) is 6.25. The minimum atomic E-state index is -4.32. The van der Waals surface area contributed by atoms with E-state index in [9.17, 15) is 33.4 Å². The summed E-state index contributed by atoms with van der Waals surface area (Å²) in [7, 11) is -4.32. The largest absolute Gasteiger partial charge is 0.444 e. The number of ether oxygens (including phenoxy) is 1. The Morgan fingerprint density at radius 1 is 1.15 bits per heavy atom. The van der Waals surface area contributed by atoms with Crippen LogP contribution in [-0.2, 0) is 14.8 Å². The van der Waals surface area contributed by atoms with Crippen molar-refractivity contribution in [2.45, 2.75) is 31.3 Å². The molecule has 0 aromatic heterocycles. The molecule has 0 aliphatic carbocycles. The highest BCUT2D eigenvalue weighted by Gasteiger charge is 2.28. The van der Waals surface area contributed by atoms with Gasteiger partial charge in [-0.2, -0.15) is 0 Å². The lowest BCUT2D eigenvalue weighted by Gasteiger charge is -2.19. The molecule has 0 bridgehead atoms. The molecule has 0 fully saturated rings. The average molecular weight is 390 g/mol. The summed E-state index contributed by atoms with van der Waals surface area (Å²) in [6.45, 7) is 4.57. The number of carbonyl (C=O) groups excluding carboxylic acids is 1. The molecule has 1 rings (SSSR count). The van der Waals surface area contributed by atoms with Crippen LogP contribution in [0.3, 0.4) is 0 Å². The van der Waals surface area contributed by atoms with E-state index in [1.165, 1.54) is 0 Å². The number of non-ortho nitro benzene ring substituents is 1. The molecule has 0 aliphatic heterocycles. The number of alkyl carbamates (subject to hydrolysis) is 1. The highest BCUT2D eigenvalue weighted by atomic mass is 32.2. The van der Waals surface area contributed by atoms with Gasteiger partial charge in [0.25, 0.3) is 11.4 Å². The van der Waals surface area contributed by atoms with Gasteiger partial charge in [-0.25, -0.2) is 17.9 Å². The first-order valence-electron chi connectivity index (χ1n) is 7.23. The molecule has 0 unspecified atom stereocenters. The van der Waals surface area contributed by atoms with Crippen LogP contribution in [0.25, 0.3) is 0 Å². The molecular formula is C13H18N4O8S. The first kappa shape index (κ1) is 21.2. The molecule has 0 radical (unpaired) electrons. The van der Waals surface area contributed by atoms with Crippen molar-refractivity contribution >= 4 is 27.5 Å². The van der Waals surface area contributed by atoms with Gasteiger partial charge in [-0.1, -0.05) is 0 Å². The van der Waals surface area contributed by atoms with Crippen LogP contribution in [0.2, 0.25) is 0 Å². The fourth-order valence-electron chi connectivity index (χ4n) is 1.73. The van der Waals surface area contributed by atoms with Crippen LogP contribution in [0.4, 0.5) is 16.2 Å². The summed E-state index contributed by atoms with van der Waals surface area (Å²) in [5, 5.41) is 24.0. The normalized spacial score (nSPS) is 11.7. The van der Waals surface area contributed by atoms with Gasteiger partial charge in [0.15, 0.2) is 4.90 Å². The van der Waals surface area contributed by atoms with E-state index in [1.54, 1.807) is 20.8 Å². The predicted molar refractivity (Wildman–Crippen MR) is 89.2 cm³/mol. The molecular weight excluding hydrogens is 372 g/mol. The number of nitro benzene ring substituents is 2. The molecule has 12 nitrogen and oxygen atoms in total. The predicted octanol–water partition coefficient (Wildman–Crippen LogP) is 1.31. The molecule has 0 saturated heterocycles. The molecule has 2 N–H and O–H groups in total. The Hall–Kier alpha value is -2.80. The van der Waals surface area contributed by atoms with E-state index in [1.807, 2.05) is 0 Å². The number of nitrogens with zero attached hydrogens (tertiary/aromatic N) is 2. The quantitative estimate of drug-likeness (QED) is 0.398. The fourth-order valence-corrected chi connectivity index (χ4v) is 2.91. The number of hydrogen-bond acceptors (Lipinski definition) is 8. The first-order valence-corrected chi connectivity index (χ1v) is 8.71. The lowest BCUT2D eigenvalue weighted by Crippen LogP contribution is -2.37. The smallest absolute Gasteiger partial charge is 0.407 e. The Bertz CT molecular complexity index is 816. The Balaban J connectivity index is 2.81. The Morgan fingerprint density at radius 2 is 1.77 bits per heavy atom. The second-order valence-corrected chi connectivity index (χ2v) is 7.73.